The lowest BCUT2D eigenvalue weighted by Crippen LogP contribution is -1.83. The van der Waals surface area contributed by atoms with Crippen molar-refractivity contribution < 1.29 is 0 Å². The Morgan fingerprint density at radius 2 is 2.25 bits per heavy atom. The molecule has 0 aliphatic carbocycles. The summed E-state index contributed by atoms with van der Waals surface area (Å²) in [4.78, 5) is 0. The van der Waals surface area contributed by atoms with Crippen molar-refractivity contribution in [3.63, 3.8) is 0 Å². The first kappa shape index (κ1) is 8.79. The first-order chi connectivity index (χ1) is 5.74. The van der Waals surface area contributed by atoms with E-state index in [0.29, 0.717) is 0 Å². The van der Waals surface area contributed by atoms with Crippen LogP contribution in [0.3, 0.4) is 0 Å². The molecule has 0 aliphatic rings. The standard InChI is InChI=1S/C12H14/c1-4-6-11-7-5-8-12(9-11)10(2)3/h4-5,7-9H,1-2,6H2,3H3. The molecule has 1 aromatic carbocycles. The summed E-state index contributed by atoms with van der Waals surface area (Å²) >= 11 is 0. The Bertz CT molecular complexity index is 295. The average molecular weight is 158 g/mol. The molecule has 0 bridgehead atoms. The van der Waals surface area contributed by atoms with Crippen LogP contribution in [0.25, 0.3) is 5.57 Å². The summed E-state index contributed by atoms with van der Waals surface area (Å²) in [5, 5.41) is 0. The molecule has 62 valence electrons. The Kier molecular flexibility index (Phi) is 2.87. The second-order valence-electron chi connectivity index (χ2n) is 2.97. The number of allylic oxidation sites excluding steroid dienone is 2. The van der Waals surface area contributed by atoms with Gasteiger partial charge in [0.25, 0.3) is 0 Å². The van der Waals surface area contributed by atoms with Crippen LogP contribution in [0.1, 0.15) is 18.1 Å². The number of hydrogen-bond donors (Lipinski definition) is 0. The number of benzene rings is 1. The highest BCUT2D eigenvalue weighted by atomic mass is 14.0. The molecule has 0 aliphatic heterocycles. The Balaban J connectivity index is 2.95. The summed E-state index contributed by atoms with van der Waals surface area (Å²) in [5.41, 5.74) is 3.63. The van der Waals surface area contributed by atoms with Gasteiger partial charge in [0.2, 0.25) is 0 Å². The van der Waals surface area contributed by atoms with Crippen LogP contribution in [0.15, 0.2) is 43.5 Å². The average Bonchev–Trinajstić information content (AvgIpc) is 2.05. The van der Waals surface area contributed by atoms with Gasteiger partial charge >= 0.3 is 0 Å². The molecule has 0 unspecified atom stereocenters. The van der Waals surface area contributed by atoms with E-state index in [-0.39, 0.29) is 0 Å². The fraction of sp³-hybridized carbons (Fsp3) is 0.167. The molecule has 1 rings (SSSR count). The Hall–Kier alpha value is -1.30. The van der Waals surface area contributed by atoms with Crippen LogP contribution in [0.4, 0.5) is 0 Å². The van der Waals surface area contributed by atoms with E-state index in [2.05, 4.69) is 37.4 Å². The minimum absolute atomic E-state index is 0.932. The predicted molar refractivity (Wildman–Crippen MR) is 55.1 cm³/mol. The van der Waals surface area contributed by atoms with Gasteiger partial charge in [0.05, 0.1) is 0 Å². The van der Waals surface area contributed by atoms with Gasteiger partial charge in [-0.1, -0.05) is 42.5 Å². The van der Waals surface area contributed by atoms with E-state index in [1.807, 2.05) is 13.0 Å². The van der Waals surface area contributed by atoms with Crippen molar-refractivity contribution in [3.8, 4) is 0 Å². The zero-order valence-electron chi connectivity index (χ0n) is 7.51. The minimum Gasteiger partial charge on any atom is -0.103 e. The van der Waals surface area contributed by atoms with Gasteiger partial charge in [0, 0.05) is 0 Å². The fourth-order valence-corrected chi connectivity index (χ4v) is 1.13. The first-order valence-electron chi connectivity index (χ1n) is 4.09. The fourth-order valence-electron chi connectivity index (χ4n) is 1.13. The lowest BCUT2D eigenvalue weighted by Gasteiger charge is -2.01. The highest BCUT2D eigenvalue weighted by molar-refractivity contribution is 5.61. The van der Waals surface area contributed by atoms with Gasteiger partial charge in [-0.3, -0.25) is 0 Å². The summed E-state index contributed by atoms with van der Waals surface area (Å²) in [6.07, 6.45) is 2.85. The summed E-state index contributed by atoms with van der Waals surface area (Å²) in [6.45, 7) is 9.63. The maximum absolute atomic E-state index is 3.90. The van der Waals surface area contributed by atoms with Gasteiger partial charge < -0.3 is 0 Å². The molecule has 0 saturated carbocycles. The van der Waals surface area contributed by atoms with E-state index in [4.69, 9.17) is 0 Å². The van der Waals surface area contributed by atoms with Crippen LogP contribution in [0.2, 0.25) is 0 Å². The molecule has 0 amide bonds. The summed E-state index contributed by atoms with van der Waals surface area (Å²) in [7, 11) is 0. The smallest absolute Gasteiger partial charge is 0.00999 e. The Labute approximate surface area is 74.2 Å². The van der Waals surface area contributed by atoms with Crippen molar-refractivity contribution in [2.24, 2.45) is 0 Å². The van der Waals surface area contributed by atoms with E-state index in [9.17, 15) is 0 Å². The maximum atomic E-state index is 3.90. The maximum Gasteiger partial charge on any atom is -0.00999 e. The van der Waals surface area contributed by atoms with Crippen LogP contribution in [0, 0.1) is 0 Å². The highest BCUT2D eigenvalue weighted by Crippen LogP contribution is 2.13. The molecule has 0 nitrogen and oxygen atoms in total. The van der Waals surface area contributed by atoms with Crippen LogP contribution < -0.4 is 0 Å². The molecule has 0 saturated heterocycles. The van der Waals surface area contributed by atoms with Gasteiger partial charge in [-0.25, -0.2) is 0 Å². The SMILES string of the molecule is C=CCc1cccc(C(=C)C)c1. The molecule has 0 heteroatoms. The molecule has 0 radical (unpaired) electrons. The molecule has 0 N–H and O–H groups in total. The zero-order chi connectivity index (χ0) is 8.97. The van der Waals surface area contributed by atoms with Gasteiger partial charge in [0.15, 0.2) is 0 Å². The van der Waals surface area contributed by atoms with Crippen molar-refractivity contribution in [2.45, 2.75) is 13.3 Å². The summed E-state index contributed by atoms with van der Waals surface area (Å²) in [5.74, 6) is 0. The molecule has 1 aromatic rings. The lowest BCUT2D eigenvalue weighted by atomic mass is 10.0. The highest BCUT2D eigenvalue weighted by Gasteiger charge is 1.93. The second kappa shape index (κ2) is 3.91. The molecule has 0 fully saturated rings. The normalized spacial score (nSPS) is 9.42. The molecule has 12 heavy (non-hydrogen) atoms. The lowest BCUT2D eigenvalue weighted by molar-refractivity contribution is 1.27. The van der Waals surface area contributed by atoms with Crippen molar-refractivity contribution in [3.05, 3.63) is 54.6 Å². The van der Waals surface area contributed by atoms with E-state index < -0.39 is 0 Å². The van der Waals surface area contributed by atoms with Crippen molar-refractivity contribution >= 4 is 5.57 Å². The molecular formula is C12H14. The van der Waals surface area contributed by atoms with Crippen LogP contribution in [-0.4, -0.2) is 0 Å². The molecular weight excluding hydrogens is 144 g/mol. The van der Waals surface area contributed by atoms with Gasteiger partial charge in [-0.05, 0) is 24.5 Å². The molecule has 0 atom stereocenters. The third kappa shape index (κ3) is 2.09. The van der Waals surface area contributed by atoms with E-state index in [0.717, 1.165) is 12.0 Å². The summed E-state index contributed by atoms with van der Waals surface area (Å²) < 4.78 is 0. The van der Waals surface area contributed by atoms with Crippen LogP contribution in [0.5, 0.6) is 0 Å². The molecule has 0 spiro atoms. The van der Waals surface area contributed by atoms with Gasteiger partial charge in [-0.2, -0.15) is 0 Å². The topological polar surface area (TPSA) is 0 Å². The van der Waals surface area contributed by atoms with E-state index in [1.54, 1.807) is 0 Å². The molecule has 0 heterocycles. The quantitative estimate of drug-likeness (QED) is 0.591. The van der Waals surface area contributed by atoms with E-state index in [1.165, 1.54) is 11.1 Å². The van der Waals surface area contributed by atoms with Crippen molar-refractivity contribution in [1.82, 2.24) is 0 Å². The largest absolute Gasteiger partial charge is 0.103 e. The number of hydrogen-bond acceptors (Lipinski definition) is 0. The van der Waals surface area contributed by atoms with Crippen molar-refractivity contribution in [2.75, 3.05) is 0 Å². The third-order valence-corrected chi connectivity index (χ3v) is 1.80. The van der Waals surface area contributed by atoms with Gasteiger partial charge in [-0.15, -0.1) is 6.58 Å². The van der Waals surface area contributed by atoms with Crippen LogP contribution >= 0.6 is 0 Å². The van der Waals surface area contributed by atoms with Crippen LogP contribution in [-0.2, 0) is 6.42 Å². The molecule has 0 aromatic heterocycles. The zero-order valence-corrected chi connectivity index (χ0v) is 7.51. The summed E-state index contributed by atoms with van der Waals surface area (Å²) in [6, 6.07) is 8.40. The Morgan fingerprint density at radius 1 is 1.50 bits per heavy atom. The third-order valence-electron chi connectivity index (χ3n) is 1.80. The Morgan fingerprint density at radius 3 is 2.83 bits per heavy atom. The minimum atomic E-state index is 0.932. The van der Waals surface area contributed by atoms with Crippen molar-refractivity contribution in [1.29, 1.82) is 0 Å². The predicted octanol–water partition coefficient (Wildman–Crippen LogP) is 3.45. The second-order valence-corrected chi connectivity index (χ2v) is 2.97. The van der Waals surface area contributed by atoms with E-state index >= 15 is 0 Å². The first-order valence-corrected chi connectivity index (χ1v) is 4.09. The monoisotopic (exact) mass is 158 g/mol. The van der Waals surface area contributed by atoms with Gasteiger partial charge in [0.1, 0.15) is 0 Å². The number of rotatable bonds is 3.